The van der Waals surface area contributed by atoms with Crippen LogP contribution in [0.15, 0.2) is 93.8 Å². The lowest BCUT2D eigenvalue weighted by Gasteiger charge is -2.23. The molecule has 0 radical (unpaired) electrons. The smallest absolute Gasteiger partial charge is 0.0946 e. The van der Waals surface area contributed by atoms with Crippen LogP contribution >= 0.6 is 11.8 Å². The van der Waals surface area contributed by atoms with E-state index in [9.17, 15) is 0 Å². The number of nitrogens with one attached hydrogen (secondary N) is 1. The second kappa shape index (κ2) is 6.31. The van der Waals surface area contributed by atoms with Crippen molar-refractivity contribution in [3.8, 4) is 0 Å². The molecule has 0 saturated heterocycles. The molecule has 1 atom stereocenters. The average Bonchev–Trinajstić information content (AvgIpc) is 2.63. The summed E-state index contributed by atoms with van der Waals surface area (Å²) in [4.78, 5) is 2.50. The summed E-state index contributed by atoms with van der Waals surface area (Å²) >= 11 is 1.78. The maximum Gasteiger partial charge on any atom is 0.0946 e. The molecule has 1 aliphatic rings. The molecule has 0 spiro atoms. The van der Waals surface area contributed by atoms with Crippen molar-refractivity contribution >= 4 is 18.0 Å². The highest BCUT2D eigenvalue weighted by Crippen LogP contribution is 2.31. The molecule has 4 rings (SSSR count). The van der Waals surface area contributed by atoms with E-state index in [-0.39, 0.29) is 6.04 Å². The van der Waals surface area contributed by atoms with Gasteiger partial charge in [0.15, 0.2) is 0 Å². The Balaban J connectivity index is 1.58. The predicted octanol–water partition coefficient (Wildman–Crippen LogP) is 4.86. The molecule has 3 aromatic rings. The summed E-state index contributed by atoms with van der Waals surface area (Å²) in [6, 6.07) is 27.7. The fourth-order valence-corrected chi connectivity index (χ4v) is 3.59. The van der Waals surface area contributed by atoms with Gasteiger partial charge in [0.2, 0.25) is 0 Å². The van der Waals surface area contributed by atoms with Gasteiger partial charge in [-0.2, -0.15) is 5.10 Å². The molecule has 1 heterocycles. The summed E-state index contributed by atoms with van der Waals surface area (Å²) in [7, 11) is 0. The minimum absolute atomic E-state index is 0.118. The van der Waals surface area contributed by atoms with Crippen LogP contribution in [0.5, 0.6) is 0 Å². The molecule has 0 saturated carbocycles. The first-order chi connectivity index (χ1) is 11.4. The van der Waals surface area contributed by atoms with E-state index in [1.807, 2.05) is 18.3 Å². The molecule has 3 heteroatoms. The minimum Gasteiger partial charge on any atom is -0.298 e. The van der Waals surface area contributed by atoms with Crippen molar-refractivity contribution in [1.82, 2.24) is 5.43 Å². The Morgan fingerprint density at radius 2 is 1.43 bits per heavy atom. The monoisotopic (exact) mass is 316 g/mol. The van der Waals surface area contributed by atoms with Crippen molar-refractivity contribution < 1.29 is 0 Å². The number of benzene rings is 3. The molecule has 0 bridgehead atoms. The van der Waals surface area contributed by atoms with E-state index in [0.717, 1.165) is 0 Å². The maximum atomic E-state index is 4.29. The molecule has 1 unspecified atom stereocenters. The molecule has 1 N–H and O–H groups in total. The van der Waals surface area contributed by atoms with Crippen LogP contribution in [-0.4, -0.2) is 6.21 Å². The van der Waals surface area contributed by atoms with Crippen LogP contribution in [-0.2, 0) is 0 Å². The number of hydrogen-bond acceptors (Lipinski definition) is 3. The number of rotatable bonds is 3. The SMILES string of the molecule is C1=NNC(c2ccc(Sc3ccccc3)cc2)c2ccccc21. The minimum atomic E-state index is 0.118. The van der Waals surface area contributed by atoms with Crippen LogP contribution in [0, 0.1) is 0 Å². The molecule has 2 nitrogen and oxygen atoms in total. The van der Waals surface area contributed by atoms with Crippen LogP contribution in [0.1, 0.15) is 22.7 Å². The third-order valence-electron chi connectivity index (χ3n) is 3.91. The Morgan fingerprint density at radius 1 is 0.739 bits per heavy atom. The maximum absolute atomic E-state index is 4.29. The van der Waals surface area contributed by atoms with Crippen LogP contribution in [0.25, 0.3) is 0 Å². The summed E-state index contributed by atoms with van der Waals surface area (Å²) in [6.07, 6.45) is 1.88. The molecular formula is C20H16N2S. The second-order valence-electron chi connectivity index (χ2n) is 5.43. The average molecular weight is 316 g/mol. The zero-order chi connectivity index (χ0) is 15.5. The number of hydrogen-bond donors (Lipinski definition) is 1. The lowest BCUT2D eigenvalue weighted by molar-refractivity contribution is 0.631. The van der Waals surface area contributed by atoms with Crippen molar-refractivity contribution in [2.75, 3.05) is 0 Å². The fourth-order valence-electron chi connectivity index (χ4n) is 2.75. The quantitative estimate of drug-likeness (QED) is 0.746. The van der Waals surface area contributed by atoms with Gasteiger partial charge in [-0.05, 0) is 35.4 Å². The molecule has 0 aliphatic carbocycles. The summed E-state index contributed by atoms with van der Waals surface area (Å²) < 4.78 is 0. The molecule has 0 aromatic heterocycles. The van der Waals surface area contributed by atoms with Crippen molar-refractivity contribution in [1.29, 1.82) is 0 Å². The topological polar surface area (TPSA) is 24.4 Å². The van der Waals surface area contributed by atoms with E-state index >= 15 is 0 Å². The Hall–Kier alpha value is -2.52. The summed E-state index contributed by atoms with van der Waals surface area (Å²) in [5.74, 6) is 0. The first-order valence-corrected chi connectivity index (χ1v) is 8.42. The normalized spacial score (nSPS) is 15.7. The van der Waals surface area contributed by atoms with Crippen molar-refractivity contribution in [3.05, 3.63) is 95.6 Å². The predicted molar refractivity (Wildman–Crippen MR) is 96.0 cm³/mol. The fraction of sp³-hybridized carbons (Fsp3) is 0.0500. The van der Waals surface area contributed by atoms with Gasteiger partial charge in [-0.25, -0.2) is 0 Å². The van der Waals surface area contributed by atoms with Gasteiger partial charge in [0.1, 0.15) is 0 Å². The summed E-state index contributed by atoms with van der Waals surface area (Å²) in [6.45, 7) is 0. The number of fused-ring (bicyclic) bond motifs is 1. The zero-order valence-electron chi connectivity index (χ0n) is 12.5. The van der Waals surface area contributed by atoms with Crippen LogP contribution in [0.3, 0.4) is 0 Å². The Bertz CT molecular complexity index is 826. The van der Waals surface area contributed by atoms with Crippen LogP contribution < -0.4 is 5.43 Å². The van der Waals surface area contributed by atoms with Gasteiger partial charge < -0.3 is 0 Å². The van der Waals surface area contributed by atoms with Gasteiger partial charge in [-0.3, -0.25) is 5.43 Å². The Kier molecular flexibility index (Phi) is 3.86. The highest BCUT2D eigenvalue weighted by molar-refractivity contribution is 7.99. The molecule has 0 fully saturated rings. The third-order valence-corrected chi connectivity index (χ3v) is 4.92. The first-order valence-electron chi connectivity index (χ1n) is 7.60. The zero-order valence-corrected chi connectivity index (χ0v) is 13.3. The van der Waals surface area contributed by atoms with E-state index in [4.69, 9.17) is 0 Å². The molecule has 112 valence electrons. The van der Waals surface area contributed by atoms with Crippen LogP contribution in [0.2, 0.25) is 0 Å². The van der Waals surface area contributed by atoms with Crippen molar-refractivity contribution in [3.63, 3.8) is 0 Å². The highest BCUT2D eigenvalue weighted by atomic mass is 32.2. The van der Waals surface area contributed by atoms with Gasteiger partial charge in [-0.15, -0.1) is 0 Å². The van der Waals surface area contributed by atoms with Crippen LogP contribution in [0.4, 0.5) is 0 Å². The molecule has 0 amide bonds. The molecule has 3 aromatic carbocycles. The van der Waals surface area contributed by atoms with Gasteiger partial charge in [0.25, 0.3) is 0 Å². The van der Waals surface area contributed by atoms with Gasteiger partial charge in [-0.1, -0.05) is 66.4 Å². The van der Waals surface area contributed by atoms with E-state index in [1.54, 1.807) is 11.8 Å². The second-order valence-corrected chi connectivity index (χ2v) is 6.58. The lowest BCUT2D eigenvalue weighted by atomic mass is 9.94. The lowest BCUT2D eigenvalue weighted by Crippen LogP contribution is -2.22. The molecular weight excluding hydrogens is 300 g/mol. The summed E-state index contributed by atoms with van der Waals surface area (Å²) in [5.41, 5.74) is 6.90. The number of nitrogens with zero attached hydrogens (tertiary/aromatic N) is 1. The van der Waals surface area contributed by atoms with E-state index in [2.05, 4.69) is 77.3 Å². The first kappa shape index (κ1) is 14.1. The van der Waals surface area contributed by atoms with Gasteiger partial charge in [0.05, 0.1) is 12.3 Å². The third kappa shape index (κ3) is 3.01. The Labute approximate surface area is 140 Å². The molecule has 1 aliphatic heterocycles. The van der Waals surface area contributed by atoms with E-state index < -0.39 is 0 Å². The van der Waals surface area contributed by atoms with Gasteiger partial charge >= 0.3 is 0 Å². The summed E-state index contributed by atoms with van der Waals surface area (Å²) in [5, 5.41) is 4.29. The standard InChI is InChI=1S/C20H16N2S/c1-2-7-17(8-3-1)23-18-12-10-15(11-13-18)20-19-9-5-4-6-16(19)14-21-22-20/h1-14,20,22H. The van der Waals surface area contributed by atoms with Crippen molar-refractivity contribution in [2.45, 2.75) is 15.8 Å². The largest absolute Gasteiger partial charge is 0.298 e. The molecule has 23 heavy (non-hydrogen) atoms. The van der Waals surface area contributed by atoms with E-state index in [0.29, 0.717) is 0 Å². The van der Waals surface area contributed by atoms with Gasteiger partial charge in [0, 0.05) is 15.4 Å². The van der Waals surface area contributed by atoms with Crippen molar-refractivity contribution in [2.24, 2.45) is 5.10 Å². The highest BCUT2D eigenvalue weighted by Gasteiger charge is 2.18. The number of hydrazone groups is 1. The Morgan fingerprint density at radius 3 is 2.26 bits per heavy atom. The van der Waals surface area contributed by atoms with E-state index in [1.165, 1.54) is 26.5 Å².